The predicted molar refractivity (Wildman–Crippen MR) is 51.3 cm³/mol. The first kappa shape index (κ1) is 8.02. The number of ketones is 1. The van der Waals surface area contributed by atoms with Gasteiger partial charge in [-0.1, -0.05) is 20.3 Å². The van der Waals surface area contributed by atoms with Crippen LogP contribution in [-0.4, -0.2) is 5.78 Å². The number of carbonyl (C=O) groups excluding carboxylic acids is 1. The van der Waals surface area contributed by atoms with Gasteiger partial charge < -0.3 is 0 Å². The van der Waals surface area contributed by atoms with E-state index in [0.29, 0.717) is 22.5 Å². The molecular weight excluding hydrogens is 160 g/mol. The van der Waals surface area contributed by atoms with Crippen LogP contribution in [0, 0.1) is 22.7 Å². The molecule has 1 heteroatoms. The van der Waals surface area contributed by atoms with Gasteiger partial charge in [-0.25, -0.2) is 0 Å². The summed E-state index contributed by atoms with van der Waals surface area (Å²) in [4.78, 5) is 11.7. The Morgan fingerprint density at radius 1 is 1.31 bits per heavy atom. The smallest absolute Gasteiger partial charge is 0.136 e. The van der Waals surface area contributed by atoms with E-state index in [4.69, 9.17) is 0 Å². The summed E-state index contributed by atoms with van der Waals surface area (Å²) >= 11 is 0. The molecule has 0 aromatic rings. The maximum atomic E-state index is 11.7. The first-order valence-electron chi connectivity index (χ1n) is 5.62. The Bertz CT molecular complexity index is 279. The fourth-order valence-corrected chi connectivity index (χ4v) is 4.54. The first-order chi connectivity index (χ1) is 6.09. The molecule has 0 unspecified atom stereocenters. The van der Waals surface area contributed by atoms with Crippen molar-refractivity contribution in [3.05, 3.63) is 0 Å². The van der Waals surface area contributed by atoms with Crippen LogP contribution < -0.4 is 0 Å². The van der Waals surface area contributed by atoms with Crippen molar-refractivity contribution in [3.8, 4) is 0 Å². The molecule has 0 N–H and O–H groups in total. The third-order valence-electron chi connectivity index (χ3n) is 5.22. The Kier molecular flexibility index (Phi) is 1.24. The Hall–Kier alpha value is -0.330. The van der Waals surface area contributed by atoms with Crippen molar-refractivity contribution in [1.82, 2.24) is 0 Å². The first-order valence-corrected chi connectivity index (χ1v) is 5.62. The van der Waals surface area contributed by atoms with Crippen molar-refractivity contribution >= 4 is 5.78 Å². The van der Waals surface area contributed by atoms with E-state index in [0.717, 1.165) is 12.3 Å². The molecule has 0 radical (unpaired) electrons. The maximum Gasteiger partial charge on any atom is 0.136 e. The highest BCUT2D eigenvalue weighted by molar-refractivity contribution is 5.89. The molecule has 72 valence electrons. The second-order valence-electron chi connectivity index (χ2n) is 5.87. The Morgan fingerprint density at radius 2 is 2.08 bits per heavy atom. The lowest BCUT2D eigenvalue weighted by atomic mass is 9.66. The van der Waals surface area contributed by atoms with Gasteiger partial charge in [0.15, 0.2) is 0 Å². The van der Waals surface area contributed by atoms with Crippen molar-refractivity contribution in [2.24, 2.45) is 22.7 Å². The van der Waals surface area contributed by atoms with Gasteiger partial charge >= 0.3 is 0 Å². The van der Waals surface area contributed by atoms with Crippen molar-refractivity contribution in [1.29, 1.82) is 0 Å². The van der Waals surface area contributed by atoms with E-state index in [1.54, 1.807) is 0 Å². The average molecular weight is 178 g/mol. The van der Waals surface area contributed by atoms with Crippen LogP contribution in [0.2, 0.25) is 0 Å². The lowest BCUT2D eigenvalue weighted by Gasteiger charge is -2.38. The van der Waals surface area contributed by atoms with Gasteiger partial charge in [0.2, 0.25) is 0 Å². The van der Waals surface area contributed by atoms with Gasteiger partial charge in [-0.05, 0) is 36.0 Å². The summed E-state index contributed by atoms with van der Waals surface area (Å²) in [5.74, 6) is 1.86. The minimum Gasteiger partial charge on any atom is -0.299 e. The van der Waals surface area contributed by atoms with Gasteiger partial charge in [-0.15, -0.1) is 0 Å². The van der Waals surface area contributed by atoms with Gasteiger partial charge in [0.05, 0.1) is 0 Å². The van der Waals surface area contributed by atoms with Crippen molar-refractivity contribution in [3.63, 3.8) is 0 Å². The van der Waals surface area contributed by atoms with Gasteiger partial charge in [-0.3, -0.25) is 4.79 Å². The summed E-state index contributed by atoms with van der Waals surface area (Å²) in [5, 5.41) is 0. The highest BCUT2D eigenvalue weighted by Gasteiger charge is 2.76. The Labute approximate surface area is 79.9 Å². The molecule has 3 aliphatic carbocycles. The number of carbonyl (C=O) groups is 1. The van der Waals surface area contributed by atoms with E-state index in [2.05, 4.69) is 13.8 Å². The summed E-state index contributed by atoms with van der Waals surface area (Å²) in [5.41, 5.74) is 0.926. The zero-order valence-corrected chi connectivity index (χ0v) is 8.60. The highest BCUT2D eigenvalue weighted by Crippen LogP contribution is 2.78. The van der Waals surface area contributed by atoms with E-state index in [9.17, 15) is 4.79 Å². The van der Waals surface area contributed by atoms with E-state index in [1.165, 1.54) is 25.7 Å². The van der Waals surface area contributed by atoms with Crippen LogP contribution >= 0.6 is 0 Å². The lowest BCUT2D eigenvalue weighted by molar-refractivity contribution is -0.119. The van der Waals surface area contributed by atoms with Crippen LogP contribution in [0.15, 0.2) is 0 Å². The quantitative estimate of drug-likeness (QED) is 0.557. The molecule has 0 aromatic heterocycles. The van der Waals surface area contributed by atoms with Crippen molar-refractivity contribution in [2.75, 3.05) is 0 Å². The SMILES string of the molecule is CC1(C)CCC[C@H]2[C@@H]3C(=O)CC[C@]231. The third kappa shape index (κ3) is 0.693. The molecule has 3 saturated carbocycles. The van der Waals surface area contributed by atoms with Crippen LogP contribution in [0.4, 0.5) is 0 Å². The number of rotatable bonds is 0. The Morgan fingerprint density at radius 3 is 2.77 bits per heavy atom. The molecular formula is C12H18O. The molecule has 0 amide bonds. The van der Waals surface area contributed by atoms with Crippen LogP contribution in [0.1, 0.15) is 46.0 Å². The minimum atomic E-state index is 0.451. The van der Waals surface area contributed by atoms with Crippen LogP contribution in [0.25, 0.3) is 0 Å². The third-order valence-corrected chi connectivity index (χ3v) is 5.22. The van der Waals surface area contributed by atoms with Gasteiger partial charge in [-0.2, -0.15) is 0 Å². The highest BCUT2D eigenvalue weighted by atomic mass is 16.1. The Balaban J connectivity index is 2.02. The summed E-state index contributed by atoms with van der Waals surface area (Å²) < 4.78 is 0. The fraction of sp³-hybridized carbons (Fsp3) is 0.917. The van der Waals surface area contributed by atoms with Gasteiger partial charge in [0.25, 0.3) is 0 Å². The molecule has 0 aliphatic heterocycles. The van der Waals surface area contributed by atoms with E-state index in [1.807, 2.05) is 0 Å². The second-order valence-corrected chi connectivity index (χ2v) is 5.87. The molecule has 3 atom stereocenters. The van der Waals surface area contributed by atoms with Crippen LogP contribution in [0.5, 0.6) is 0 Å². The molecule has 0 saturated heterocycles. The summed E-state index contributed by atoms with van der Waals surface area (Å²) in [7, 11) is 0. The molecule has 0 aromatic carbocycles. The average Bonchev–Trinajstić information content (AvgIpc) is 2.59. The molecule has 1 spiro atoms. The standard InChI is InChI=1S/C12H18O/c1-11(2)6-3-4-8-10-9(13)5-7-12(8,10)11/h8,10H,3-7H2,1-2H3/t8-,10+,12-/m0/s1. The summed E-state index contributed by atoms with van der Waals surface area (Å²) in [6.07, 6.45) is 6.11. The molecule has 3 aliphatic rings. The number of hydrogen-bond acceptors (Lipinski definition) is 1. The van der Waals surface area contributed by atoms with Crippen LogP contribution in [-0.2, 0) is 4.79 Å². The second kappa shape index (κ2) is 2.02. The molecule has 3 rings (SSSR count). The fourth-order valence-electron chi connectivity index (χ4n) is 4.54. The molecule has 13 heavy (non-hydrogen) atoms. The number of hydrogen-bond donors (Lipinski definition) is 0. The topological polar surface area (TPSA) is 17.1 Å². The largest absolute Gasteiger partial charge is 0.299 e. The summed E-state index contributed by atoms with van der Waals surface area (Å²) in [6.45, 7) is 4.77. The zero-order chi connectivity index (χ0) is 9.27. The van der Waals surface area contributed by atoms with E-state index < -0.39 is 0 Å². The van der Waals surface area contributed by atoms with Crippen molar-refractivity contribution in [2.45, 2.75) is 46.0 Å². The number of fused-ring (bicyclic) bond motifs is 1. The molecule has 0 heterocycles. The van der Waals surface area contributed by atoms with E-state index >= 15 is 0 Å². The monoisotopic (exact) mass is 178 g/mol. The van der Waals surface area contributed by atoms with E-state index in [-0.39, 0.29) is 0 Å². The van der Waals surface area contributed by atoms with Gasteiger partial charge in [0.1, 0.15) is 5.78 Å². The molecule has 1 nitrogen and oxygen atoms in total. The predicted octanol–water partition coefficient (Wildman–Crippen LogP) is 2.79. The van der Waals surface area contributed by atoms with Crippen LogP contribution in [0.3, 0.4) is 0 Å². The normalized spacial score (nSPS) is 51.4. The maximum absolute atomic E-state index is 11.7. The molecule has 3 fully saturated rings. The zero-order valence-electron chi connectivity index (χ0n) is 8.60. The van der Waals surface area contributed by atoms with Gasteiger partial charge in [0, 0.05) is 12.3 Å². The van der Waals surface area contributed by atoms with Crippen molar-refractivity contribution < 1.29 is 4.79 Å². The molecule has 0 bridgehead atoms. The minimum absolute atomic E-state index is 0.451. The lowest BCUT2D eigenvalue weighted by Crippen LogP contribution is -2.30. The summed E-state index contributed by atoms with van der Waals surface area (Å²) in [6, 6.07) is 0. The number of Topliss-reactive ketones (excluding diaryl/α,β-unsaturated/α-hetero) is 1.